The van der Waals surface area contributed by atoms with Gasteiger partial charge in [0.25, 0.3) is 0 Å². The van der Waals surface area contributed by atoms with Gasteiger partial charge in [-0.25, -0.2) is 0 Å². The fourth-order valence-electron chi connectivity index (χ4n) is 2.33. The highest BCUT2D eigenvalue weighted by molar-refractivity contribution is 6.28. The first kappa shape index (κ1) is 14.3. The zero-order valence-corrected chi connectivity index (χ0v) is 12.5. The Bertz CT molecular complexity index is 421. The van der Waals surface area contributed by atoms with E-state index in [4.69, 9.17) is 16.3 Å². The van der Waals surface area contributed by atoms with Crippen molar-refractivity contribution >= 4 is 17.5 Å². The summed E-state index contributed by atoms with van der Waals surface area (Å²) in [5.41, 5.74) is 0. The lowest BCUT2D eigenvalue weighted by atomic mass is 10.1. The third kappa shape index (κ3) is 4.20. The van der Waals surface area contributed by atoms with Gasteiger partial charge < -0.3 is 9.64 Å². The summed E-state index contributed by atoms with van der Waals surface area (Å²) in [6.45, 7) is 8.29. The number of hydrogen-bond donors (Lipinski definition) is 0. The predicted molar refractivity (Wildman–Crippen MR) is 75.8 cm³/mol. The molecule has 0 aromatic carbocycles. The van der Waals surface area contributed by atoms with Crippen LogP contribution in [-0.2, 0) is 0 Å². The van der Waals surface area contributed by atoms with Crippen LogP contribution < -0.4 is 9.64 Å². The molecular weight excluding hydrogens is 264 g/mol. The number of anilines is 1. The first-order chi connectivity index (χ1) is 9.04. The van der Waals surface area contributed by atoms with Crippen LogP contribution in [0.3, 0.4) is 0 Å². The van der Waals surface area contributed by atoms with Crippen molar-refractivity contribution in [3.63, 3.8) is 0 Å². The van der Waals surface area contributed by atoms with E-state index in [9.17, 15) is 0 Å². The zero-order chi connectivity index (χ0) is 13.8. The lowest BCUT2D eigenvalue weighted by Crippen LogP contribution is -2.22. The topological polar surface area (TPSA) is 51.1 Å². The van der Waals surface area contributed by atoms with Crippen LogP contribution in [0.1, 0.15) is 40.0 Å². The van der Waals surface area contributed by atoms with Crippen LogP contribution >= 0.6 is 11.6 Å². The molecule has 1 aliphatic rings. The molecule has 1 aromatic heterocycles. The van der Waals surface area contributed by atoms with E-state index >= 15 is 0 Å². The summed E-state index contributed by atoms with van der Waals surface area (Å²) in [6, 6.07) is 0.329. The second kappa shape index (κ2) is 6.37. The molecule has 0 radical (unpaired) electrons. The summed E-state index contributed by atoms with van der Waals surface area (Å²) in [5.74, 6) is 1.20. The van der Waals surface area contributed by atoms with Gasteiger partial charge in [0.1, 0.15) is 0 Å². The van der Waals surface area contributed by atoms with Crippen LogP contribution in [0.5, 0.6) is 6.01 Å². The smallest absolute Gasteiger partial charge is 0.322 e. The average Bonchev–Trinajstić information content (AvgIpc) is 2.79. The highest BCUT2D eigenvalue weighted by Crippen LogP contribution is 2.20. The first-order valence-corrected chi connectivity index (χ1v) is 7.25. The first-order valence-electron chi connectivity index (χ1n) is 6.88. The van der Waals surface area contributed by atoms with E-state index in [-0.39, 0.29) is 11.4 Å². The van der Waals surface area contributed by atoms with E-state index in [1.54, 1.807) is 0 Å². The van der Waals surface area contributed by atoms with Crippen molar-refractivity contribution in [3.8, 4) is 6.01 Å². The maximum atomic E-state index is 5.95. The van der Waals surface area contributed by atoms with Gasteiger partial charge in [0, 0.05) is 13.1 Å². The molecule has 2 rings (SSSR count). The van der Waals surface area contributed by atoms with Crippen molar-refractivity contribution in [2.24, 2.45) is 5.92 Å². The van der Waals surface area contributed by atoms with Crippen LogP contribution in [0.15, 0.2) is 0 Å². The van der Waals surface area contributed by atoms with Gasteiger partial charge in [0.2, 0.25) is 11.2 Å². The molecule has 0 saturated carbocycles. The van der Waals surface area contributed by atoms with E-state index in [0.29, 0.717) is 17.9 Å². The molecule has 1 unspecified atom stereocenters. The van der Waals surface area contributed by atoms with Crippen molar-refractivity contribution in [1.29, 1.82) is 0 Å². The van der Waals surface area contributed by atoms with Crippen molar-refractivity contribution in [2.45, 2.75) is 46.1 Å². The molecule has 1 fully saturated rings. The molecule has 1 aromatic rings. The number of rotatable bonds is 5. The molecular formula is C13H21ClN4O. The SMILES string of the molecule is CC(C)CC(C)Oc1nc(Cl)nc(N2CCCC2)n1. The van der Waals surface area contributed by atoms with Gasteiger partial charge in [-0.3, -0.25) is 0 Å². The number of hydrogen-bond acceptors (Lipinski definition) is 5. The minimum absolute atomic E-state index is 0.0740. The minimum atomic E-state index is 0.0740. The van der Waals surface area contributed by atoms with E-state index in [1.165, 1.54) is 12.8 Å². The second-order valence-electron chi connectivity index (χ2n) is 5.44. The fourth-order valence-corrected chi connectivity index (χ4v) is 2.47. The van der Waals surface area contributed by atoms with Gasteiger partial charge in [-0.15, -0.1) is 0 Å². The van der Waals surface area contributed by atoms with Gasteiger partial charge in [0.15, 0.2) is 0 Å². The molecule has 0 N–H and O–H groups in total. The fraction of sp³-hybridized carbons (Fsp3) is 0.769. The van der Waals surface area contributed by atoms with E-state index in [0.717, 1.165) is 19.5 Å². The summed E-state index contributed by atoms with van der Waals surface area (Å²) in [6.07, 6.45) is 3.37. The van der Waals surface area contributed by atoms with Gasteiger partial charge in [-0.2, -0.15) is 15.0 Å². The monoisotopic (exact) mass is 284 g/mol. The maximum Gasteiger partial charge on any atom is 0.322 e. The molecule has 0 aliphatic carbocycles. The number of aromatic nitrogens is 3. The van der Waals surface area contributed by atoms with Gasteiger partial charge in [-0.05, 0) is 43.7 Å². The quantitative estimate of drug-likeness (QED) is 0.832. The number of nitrogens with zero attached hydrogens (tertiary/aromatic N) is 4. The van der Waals surface area contributed by atoms with Gasteiger partial charge >= 0.3 is 6.01 Å². The molecule has 0 spiro atoms. The number of halogens is 1. The average molecular weight is 285 g/mol. The highest BCUT2D eigenvalue weighted by atomic mass is 35.5. The largest absolute Gasteiger partial charge is 0.460 e. The van der Waals surface area contributed by atoms with Crippen molar-refractivity contribution in [3.05, 3.63) is 5.28 Å². The lowest BCUT2D eigenvalue weighted by Gasteiger charge is -2.18. The van der Waals surface area contributed by atoms with Crippen molar-refractivity contribution in [2.75, 3.05) is 18.0 Å². The zero-order valence-electron chi connectivity index (χ0n) is 11.8. The maximum absolute atomic E-state index is 5.95. The van der Waals surface area contributed by atoms with Gasteiger partial charge in [-0.1, -0.05) is 13.8 Å². The van der Waals surface area contributed by atoms with Crippen LogP contribution in [0.2, 0.25) is 5.28 Å². The normalized spacial score (nSPS) is 17.0. The van der Waals surface area contributed by atoms with Crippen LogP contribution in [0, 0.1) is 5.92 Å². The minimum Gasteiger partial charge on any atom is -0.460 e. The third-order valence-electron chi connectivity index (χ3n) is 3.07. The van der Waals surface area contributed by atoms with Gasteiger partial charge in [0.05, 0.1) is 6.10 Å². The van der Waals surface area contributed by atoms with Crippen molar-refractivity contribution in [1.82, 2.24) is 15.0 Å². The molecule has 1 atom stereocenters. The summed E-state index contributed by atoms with van der Waals surface area (Å²) < 4.78 is 5.73. The molecule has 0 bridgehead atoms. The van der Waals surface area contributed by atoms with E-state index in [2.05, 4.69) is 33.7 Å². The second-order valence-corrected chi connectivity index (χ2v) is 5.78. The molecule has 6 heteroatoms. The Morgan fingerprint density at radius 2 is 1.84 bits per heavy atom. The summed E-state index contributed by atoms with van der Waals surface area (Å²) in [7, 11) is 0. The molecule has 106 valence electrons. The van der Waals surface area contributed by atoms with E-state index in [1.807, 2.05) is 6.92 Å². The highest BCUT2D eigenvalue weighted by Gasteiger charge is 2.18. The summed E-state index contributed by atoms with van der Waals surface area (Å²) in [4.78, 5) is 14.7. The Balaban J connectivity index is 2.07. The van der Waals surface area contributed by atoms with Crippen LogP contribution in [0.4, 0.5) is 5.95 Å². The van der Waals surface area contributed by atoms with Crippen molar-refractivity contribution < 1.29 is 4.74 Å². The standard InChI is InChI=1S/C13H21ClN4O/c1-9(2)8-10(3)19-13-16-11(14)15-12(17-13)18-6-4-5-7-18/h9-10H,4-8H2,1-3H3. The Kier molecular flexibility index (Phi) is 4.80. The Morgan fingerprint density at radius 1 is 1.16 bits per heavy atom. The Labute approximate surface area is 119 Å². The van der Waals surface area contributed by atoms with E-state index < -0.39 is 0 Å². The molecule has 0 amide bonds. The van der Waals surface area contributed by atoms with Crippen LogP contribution in [-0.4, -0.2) is 34.1 Å². The third-order valence-corrected chi connectivity index (χ3v) is 3.24. The molecule has 19 heavy (non-hydrogen) atoms. The Hall–Kier alpha value is -1.10. The number of ether oxygens (including phenoxy) is 1. The lowest BCUT2D eigenvalue weighted by molar-refractivity contribution is 0.177. The molecule has 1 saturated heterocycles. The molecule has 5 nitrogen and oxygen atoms in total. The summed E-state index contributed by atoms with van der Waals surface area (Å²) >= 11 is 5.95. The Morgan fingerprint density at radius 3 is 2.47 bits per heavy atom. The summed E-state index contributed by atoms with van der Waals surface area (Å²) in [5, 5.41) is 0.198. The van der Waals surface area contributed by atoms with Crippen LogP contribution in [0.25, 0.3) is 0 Å². The predicted octanol–water partition coefficient (Wildman–Crippen LogP) is 2.94. The molecule has 1 aliphatic heterocycles. The molecule has 2 heterocycles.